The molecule has 0 aliphatic rings. The van der Waals surface area contributed by atoms with Gasteiger partial charge in [-0.25, -0.2) is 4.79 Å². The highest BCUT2D eigenvalue weighted by atomic mass is 16.6. The average Bonchev–Trinajstić information content (AvgIpc) is 1.99. The Labute approximate surface area is 91.2 Å². The van der Waals surface area contributed by atoms with Gasteiger partial charge in [0.25, 0.3) is 0 Å². The number of nitrogens with two attached hydrogens (primary N) is 1. The van der Waals surface area contributed by atoms with Gasteiger partial charge < -0.3 is 20.5 Å². The lowest BCUT2D eigenvalue weighted by Crippen LogP contribution is -2.42. The van der Waals surface area contributed by atoms with Crippen LogP contribution in [0.3, 0.4) is 0 Å². The fourth-order valence-electron chi connectivity index (χ4n) is 1.06. The van der Waals surface area contributed by atoms with Crippen molar-refractivity contribution in [3.8, 4) is 0 Å². The summed E-state index contributed by atoms with van der Waals surface area (Å²) in [5.41, 5.74) is 4.85. The highest BCUT2D eigenvalue weighted by molar-refractivity contribution is 5.68. The van der Waals surface area contributed by atoms with E-state index in [2.05, 4.69) is 0 Å². The number of carbonyl (C=O) groups excluding carboxylic acids is 1. The van der Waals surface area contributed by atoms with Crippen LogP contribution in [0, 0.1) is 0 Å². The molecule has 3 N–H and O–H groups in total. The first-order valence-corrected chi connectivity index (χ1v) is 5.12. The van der Waals surface area contributed by atoms with E-state index < -0.39 is 17.8 Å². The van der Waals surface area contributed by atoms with E-state index in [1.165, 1.54) is 4.90 Å². The normalized spacial score (nSPS) is 13.5. The average molecular weight is 218 g/mol. The highest BCUT2D eigenvalue weighted by Gasteiger charge is 2.22. The molecule has 0 aliphatic carbocycles. The fourth-order valence-corrected chi connectivity index (χ4v) is 1.06. The number of amides is 1. The molecule has 0 rings (SSSR count). The van der Waals surface area contributed by atoms with E-state index in [1.54, 1.807) is 27.7 Å². The van der Waals surface area contributed by atoms with Crippen molar-refractivity contribution < 1.29 is 14.6 Å². The van der Waals surface area contributed by atoms with Crippen LogP contribution >= 0.6 is 0 Å². The zero-order chi connectivity index (χ0) is 12.1. The third-order valence-electron chi connectivity index (χ3n) is 1.54. The van der Waals surface area contributed by atoms with Crippen LogP contribution in [0.15, 0.2) is 0 Å². The number of aliphatic hydroxyl groups is 1. The third-order valence-corrected chi connectivity index (χ3v) is 1.54. The second kappa shape index (κ2) is 5.92. The lowest BCUT2D eigenvalue weighted by molar-refractivity contribution is 0.0169. The molecule has 0 saturated heterocycles. The molecule has 0 aromatic heterocycles. The second-order valence-electron chi connectivity index (χ2n) is 4.56. The summed E-state index contributed by atoms with van der Waals surface area (Å²) in [6.07, 6.45) is -1.02. The Morgan fingerprint density at radius 1 is 1.53 bits per heavy atom. The lowest BCUT2D eigenvalue weighted by Gasteiger charge is -2.27. The van der Waals surface area contributed by atoms with E-state index >= 15 is 0 Å². The molecule has 0 aromatic rings. The summed E-state index contributed by atoms with van der Waals surface area (Å²) in [7, 11) is 0. The number of hydrogen-bond donors (Lipinski definition) is 2. The Kier molecular flexibility index (Phi) is 5.60. The molecule has 0 aromatic carbocycles. The molecule has 90 valence electrons. The predicted molar refractivity (Wildman–Crippen MR) is 58.5 cm³/mol. The van der Waals surface area contributed by atoms with Crippen molar-refractivity contribution in [3.05, 3.63) is 0 Å². The topological polar surface area (TPSA) is 75.8 Å². The van der Waals surface area contributed by atoms with Gasteiger partial charge in [0.1, 0.15) is 5.60 Å². The van der Waals surface area contributed by atoms with E-state index in [-0.39, 0.29) is 6.54 Å². The Bertz CT molecular complexity index is 199. The minimum absolute atomic E-state index is 0.242. The molecule has 1 unspecified atom stereocenters. The number of ether oxygens (including phenoxy) is 1. The number of nitrogens with zero attached hydrogens (tertiary/aromatic N) is 1. The molecule has 5 heteroatoms. The molecule has 0 spiro atoms. The van der Waals surface area contributed by atoms with Crippen LogP contribution < -0.4 is 5.73 Å². The third kappa shape index (κ3) is 7.16. The Morgan fingerprint density at radius 3 is 2.40 bits per heavy atom. The van der Waals surface area contributed by atoms with Crippen molar-refractivity contribution in [2.75, 3.05) is 19.6 Å². The first-order chi connectivity index (χ1) is 6.76. The molecule has 0 fully saturated rings. The molecule has 1 amide bonds. The van der Waals surface area contributed by atoms with Gasteiger partial charge in [0.15, 0.2) is 0 Å². The van der Waals surface area contributed by atoms with Gasteiger partial charge in [-0.1, -0.05) is 0 Å². The van der Waals surface area contributed by atoms with E-state index in [9.17, 15) is 9.90 Å². The van der Waals surface area contributed by atoms with Crippen molar-refractivity contribution in [3.63, 3.8) is 0 Å². The van der Waals surface area contributed by atoms with Crippen LogP contribution in [0.4, 0.5) is 4.79 Å². The monoisotopic (exact) mass is 218 g/mol. The summed E-state index contributed by atoms with van der Waals surface area (Å²) in [4.78, 5) is 13.0. The maximum absolute atomic E-state index is 11.6. The maximum atomic E-state index is 11.6. The highest BCUT2D eigenvalue weighted by Crippen LogP contribution is 2.09. The van der Waals surface area contributed by atoms with Gasteiger partial charge in [0.2, 0.25) is 0 Å². The SMILES string of the molecule is CC(O)CN(CCN)C(=O)OC(C)(C)C. The van der Waals surface area contributed by atoms with Crippen LogP contribution in [0.5, 0.6) is 0 Å². The summed E-state index contributed by atoms with van der Waals surface area (Å²) < 4.78 is 5.17. The van der Waals surface area contributed by atoms with Gasteiger partial charge in [-0.2, -0.15) is 0 Å². The van der Waals surface area contributed by atoms with Crippen molar-refractivity contribution in [1.29, 1.82) is 0 Å². The van der Waals surface area contributed by atoms with Gasteiger partial charge in [-0.05, 0) is 27.7 Å². The van der Waals surface area contributed by atoms with Crippen LogP contribution in [-0.2, 0) is 4.74 Å². The zero-order valence-corrected chi connectivity index (χ0v) is 9.99. The number of rotatable bonds is 4. The molecular formula is C10H22N2O3. The second-order valence-corrected chi connectivity index (χ2v) is 4.56. The van der Waals surface area contributed by atoms with Gasteiger partial charge in [-0.15, -0.1) is 0 Å². The van der Waals surface area contributed by atoms with E-state index in [0.29, 0.717) is 13.1 Å². The maximum Gasteiger partial charge on any atom is 0.410 e. The van der Waals surface area contributed by atoms with E-state index in [1.807, 2.05) is 0 Å². The number of hydrogen-bond acceptors (Lipinski definition) is 4. The molecule has 0 aliphatic heterocycles. The largest absolute Gasteiger partial charge is 0.444 e. The van der Waals surface area contributed by atoms with Gasteiger partial charge in [0.05, 0.1) is 6.10 Å². The first-order valence-electron chi connectivity index (χ1n) is 5.12. The Balaban J connectivity index is 4.28. The zero-order valence-electron chi connectivity index (χ0n) is 9.99. The molecule has 0 radical (unpaired) electrons. The molecule has 15 heavy (non-hydrogen) atoms. The summed E-state index contributed by atoms with van der Waals surface area (Å²) in [5.74, 6) is 0. The lowest BCUT2D eigenvalue weighted by atomic mass is 10.2. The smallest absolute Gasteiger partial charge is 0.410 e. The van der Waals surface area contributed by atoms with Gasteiger partial charge in [0, 0.05) is 19.6 Å². The van der Waals surface area contributed by atoms with Crippen LogP contribution in [-0.4, -0.2) is 47.4 Å². The molecule has 0 heterocycles. The summed E-state index contributed by atoms with van der Waals surface area (Å²) >= 11 is 0. The Hall–Kier alpha value is -0.810. The molecule has 5 nitrogen and oxygen atoms in total. The molecule has 0 saturated carbocycles. The predicted octanol–water partition coefficient (Wildman–Crippen LogP) is 0.563. The quantitative estimate of drug-likeness (QED) is 0.723. The van der Waals surface area contributed by atoms with E-state index in [0.717, 1.165) is 0 Å². The van der Waals surface area contributed by atoms with Crippen molar-refractivity contribution in [1.82, 2.24) is 4.90 Å². The van der Waals surface area contributed by atoms with Crippen LogP contribution in [0.2, 0.25) is 0 Å². The minimum Gasteiger partial charge on any atom is -0.444 e. The number of aliphatic hydroxyl groups excluding tert-OH is 1. The fraction of sp³-hybridized carbons (Fsp3) is 0.900. The van der Waals surface area contributed by atoms with E-state index in [4.69, 9.17) is 10.5 Å². The van der Waals surface area contributed by atoms with Gasteiger partial charge >= 0.3 is 6.09 Å². The van der Waals surface area contributed by atoms with Gasteiger partial charge in [-0.3, -0.25) is 0 Å². The number of carbonyl (C=O) groups is 1. The Morgan fingerprint density at radius 2 is 2.07 bits per heavy atom. The van der Waals surface area contributed by atoms with Crippen LogP contribution in [0.1, 0.15) is 27.7 Å². The van der Waals surface area contributed by atoms with Crippen molar-refractivity contribution in [2.45, 2.75) is 39.4 Å². The minimum atomic E-state index is -0.580. The van der Waals surface area contributed by atoms with Crippen molar-refractivity contribution >= 4 is 6.09 Å². The molecule has 0 bridgehead atoms. The van der Waals surface area contributed by atoms with Crippen molar-refractivity contribution in [2.24, 2.45) is 5.73 Å². The summed E-state index contributed by atoms with van der Waals surface area (Å²) in [6, 6.07) is 0. The summed E-state index contributed by atoms with van der Waals surface area (Å²) in [5, 5.41) is 9.21. The molecule has 1 atom stereocenters. The van der Waals surface area contributed by atoms with Crippen LogP contribution in [0.25, 0.3) is 0 Å². The standard InChI is InChI=1S/C10H22N2O3/c1-8(13)7-12(6-5-11)9(14)15-10(2,3)4/h8,13H,5-7,11H2,1-4H3. The molecular weight excluding hydrogens is 196 g/mol. The summed E-state index contributed by atoms with van der Waals surface area (Å²) in [6.45, 7) is 8.00. The first kappa shape index (κ1) is 14.2.